The SMILES string of the molecule is CO[C@]1(C)CCC2C3CCc4cc(O)ccc4C3CCC21C. The molecule has 120 valence electrons. The van der Waals surface area contributed by atoms with Crippen LogP contribution in [-0.2, 0) is 11.2 Å². The third-order valence-electron chi connectivity index (χ3n) is 7.69. The van der Waals surface area contributed by atoms with Crippen molar-refractivity contribution < 1.29 is 9.84 Å². The van der Waals surface area contributed by atoms with Crippen molar-refractivity contribution in [1.82, 2.24) is 0 Å². The van der Waals surface area contributed by atoms with E-state index in [0.29, 0.717) is 17.1 Å². The summed E-state index contributed by atoms with van der Waals surface area (Å²) < 4.78 is 6.00. The summed E-state index contributed by atoms with van der Waals surface area (Å²) in [6.07, 6.45) is 7.46. The molecule has 0 aliphatic heterocycles. The Morgan fingerprint density at radius 3 is 2.73 bits per heavy atom. The minimum absolute atomic E-state index is 0.0534. The van der Waals surface area contributed by atoms with Crippen LogP contribution in [0.4, 0.5) is 0 Å². The maximum absolute atomic E-state index is 9.76. The number of ether oxygens (including phenoxy) is 1. The monoisotopic (exact) mass is 300 g/mol. The fraction of sp³-hybridized carbons (Fsp3) is 0.700. The zero-order valence-electron chi connectivity index (χ0n) is 14.1. The van der Waals surface area contributed by atoms with Gasteiger partial charge in [-0.1, -0.05) is 13.0 Å². The molecule has 1 aromatic rings. The van der Waals surface area contributed by atoms with Crippen molar-refractivity contribution in [1.29, 1.82) is 0 Å². The van der Waals surface area contributed by atoms with Crippen LogP contribution in [0.3, 0.4) is 0 Å². The van der Waals surface area contributed by atoms with Gasteiger partial charge in [0, 0.05) is 7.11 Å². The first-order valence-corrected chi connectivity index (χ1v) is 8.85. The van der Waals surface area contributed by atoms with Gasteiger partial charge in [0.05, 0.1) is 5.60 Å². The Labute approximate surface area is 133 Å². The molecule has 22 heavy (non-hydrogen) atoms. The second-order valence-corrected chi connectivity index (χ2v) is 8.23. The van der Waals surface area contributed by atoms with E-state index in [1.54, 1.807) is 0 Å². The fourth-order valence-corrected chi connectivity index (χ4v) is 6.13. The van der Waals surface area contributed by atoms with E-state index in [1.165, 1.54) is 43.2 Å². The summed E-state index contributed by atoms with van der Waals surface area (Å²) >= 11 is 0. The molecule has 3 aliphatic rings. The first kappa shape index (κ1) is 14.6. The van der Waals surface area contributed by atoms with Crippen LogP contribution in [0.2, 0.25) is 0 Å². The Hall–Kier alpha value is -1.02. The van der Waals surface area contributed by atoms with Gasteiger partial charge in [-0.2, -0.15) is 0 Å². The predicted molar refractivity (Wildman–Crippen MR) is 88.1 cm³/mol. The second-order valence-electron chi connectivity index (χ2n) is 8.23. The summed E-state index contributed by atoms with van der Waals surface area (Å²) in [5.41, 5.74) is 3.29. The molecule has 2 saturated carbocycles. The van der Waals surface area contributed by atoms with Crippen molar-refractivity contribution in [2.24, 2.45) is 17.3 Å². The topological polar surface area (TPSA) is 29.5 Å². The maximum atomic E-state index is 9.76. The average molecular weight is 300 g/mol. The molecule has 4 unspecified atom stereocenters. The number of rotatable bonds is 1. The molecule has 0 saturated heterocycles. The molecular formula is C20H28O2. The molecule has 2 heteroatoms. The summed E-state index contributed by atoms with van der Waals surface area (Å²) in [4.78, 5) is 0. The van der Waals surface area contributed by atoms with Gasteiger partial charge in [-0.3, -0.25) is 0 Å². The fourth-order valence-electron chi connectivity index (χ4n) is 6.13. The summed E-state index contributed by atoms with van der Waals surface area (Å²) in [7, 11) is 1.90. The largest absolute Gasteiger partial charge is 0.508 e. The van der Waals surface area contributed by atoms with E-state index in [1.807, 2.05) is 19.2 Å². The molecule has 1 aromatic carbocycles. The molecule has 0 aromatic heterocycles. The number of phenolic OH excluding ortho intramolecular Hbond substituents is 1. The lowest BCUT2D eigenvalue weighted by Gasteiger charge is -2.53. The number of hydrogen-bond donors (Lipinski definition) is 1. The molecule has 0 amide bonds. The highest BCUT2D eigenvalue weighted by molar-refractivity contribution is 5.40. The standard InChI is InChI=1S/C20H28O2/c1-19-10-8-16-15-7-5-14(21)12-13(15)4-6-17(16)18(19)9-11-20(19,2)22-3/h5,7,12,16-18,21H,4,6,8-11H2,1-3H3/t16?,17?,18?,19?,20-/m1/s1. The Morgan fingerprint density at radius 1 is 1.14 bits per heavy atom. The van der Waals surface area contributed by atoms with Crippen LogP contribution >= 0.6 is 0 Å². The average Bonchev–Trinajstić information content (AvgIpc) is 2.79. The summed E-state index contributed by atoms with van der Waals surface area (Å²) in [5, 5.41) is 9.76. The minimum Gasteiger partial charge on any atom is -0.508 e. The van der Waals surface area contributed by atoms with Gasteiger partial charge in [0.25, 0.3) is 0 Å². The Bertz CT molecular complexity index is 595. The van der Waals surface area contributed by atoms with Crippen LogP contribution in [0.15, 0.2) is 18.2 Å². The van der Waals surface area contributed by atoms with Crippen molar-refractivity contribution in [3.05, 3.63) is 29.3 Å². The van der Waals surface area contributed by atoms with E-state index in [9.17, 15) is 5.11 Å². The van der Waals surface area contributed by atoms with Gasteiger partial charge in [-0.15, -0.1) is 0 Å². The van der Waals surface area contributed by atoms with Crippen molar-refractivity contribution in [2.75, 3.05) is 7.11 Å². The van der Waals surface area contributed by atoms with Gasteiger partial charge in [0.15, 0.2) is 0 Å². The van der Waals surface area contributed by atoms with Crippen LogP contribution in [0.5, 0.6) is 5.75 Å². The number of aryl methyl sites for hydroxylation is 1. The normalized spacial score (nSPS) is 43.3. The molecule has 0 radical (unpaired) electrons. The second kappa shape index (κ2) is 4.74. The first-order valence-electron chi connectivity index (χ1n) is 8.85. The van der Waals surface area contributed by atoms with Crippen molar-refractivity contribution >= 4 is 0 Å². The van der Waals surface area contributed by atoms with Gasteiger partial charge in [0.2, 0.25) is 0 Å². The molecular weight excluding hydrogens is 272 g/mol. The number of hydrogen-bond acceptors (Lipinski definition) is 2. The number of phenols is 1. The lowest BCUT2D eigenvalue weighted by Crippen LogP contribution is -2.50. The van der Waals surface area contributed by atoms with E-state index in [2.05, 4.69) is 19.9 Å². The molecule has 2 fully saturated rings. The zero-order valence-corrected chi connectivity index (χ0v) is 14.1. The molecule has 0 bridgehead atoms. The van der Waals surface area contributed by atoms with Crippen LogP contribution in [0.25, 0.3) is 0 Å². The third-order valence-corrected chi connectivity index (χ3v) is 7.69. The highest BCUT2D eigenvalue weighted by atomic mass is 16.5. The molecule has 5 atom stereocenters. The van der Waals surface area contributed by atoms with Crippen LogP contribution in [0, 0.1) is 17.3 Å². The van der Waals surface area contributed by atoms with Crippen molar-refractivity contribution in [2.45, 2.75) is 63.9 Å². The van der Waals surface area contributed by atoms with Crippen LogP contribution in [0.1, 0.15) is 63.0 Å². The number of fused-ring (bicyclic) bond motifs is 5. The number of benzene rings is 1. The molecule has 3 aliphatic carbocycles. The van der Waals surface area contributed by atoms with Gasteiger partial charge < -0.3 is 9.84 Å². The third kappa shape index (κ3) is 1.76. The molecule has 1 N–H and O–H groups in total. The van der Waals surface area contributed by atoms with Gasteiger partial charge in [-0.05, 0) is 91.9 Å². The van der Waals surface area contributed by atoms with Crippen LogP contribution < -0.4 is 0 Å². The zero-order chi connectivity index (χ0) is 15.5. The van der Waals surface area contributed by atoms with E-state index in [-0.39, 0.29) is 5.60 Å². The Morgan fingerprint density at radius 2 is 1.95 bits per heavy atom. The highest BCUT2D eigenvalue weighted by Gasteiger charge is 2.60. The van der Waals surface area contributed by atoms with Gasteiger partial charge in [-0.25, -0.2) is 0 Å². The molecule has 4 rings (SSSR count). The number of methoxy groups -OCH3 is 1. The Balaban J connectivity index is 1.70. The van der Waals surface area contributed by atoms with Crippen LogP contribution in [-0.4, -0.2) is 17.8 Å². The Kier molecular flexibility index (Phi) is 3.14. The maximum Gasteiger partial charge on any atom is 0.115 e. The highest BCUT2D eigenvalue weighted by Crippen LogP contribution is 2.65. The van der Waals surface area contributed by atoms with Gasteiger partial charge >= 0.3 is 0 Å². The lowest BCUT2D eigenvalue weighted by molar-refractivity contribution is -0.114. The first-order chi connectivity index (χ1) is 10.5. The minimum atomic E-state index is 0.0534. The van der Waals surface area contributed by atoms with E-state index in [4.69, 9.17) is 4.74 Å². The summed E-state index contributed by atoms with van der Waals surface area (Å²) in [6, 6.07) is 6.06. The summed E-state index contributed by atoms with van der Waals surface area (Å²) in [6.45, 7) is 4.82. The molecule has 0 spiro atoms. The van der Waals surface area contributed by atoms with E-state index >= 15 is 0 Å². The van der Waals surface area contributed by atoms with E-state index < -0.39 is 0 Å². The smallest absolute Gasteiger partial charge is 0.115 e. The van der Waals surface area contributed by atoms with Crippen molar-refractivity contribution in [3.8, 4) is 5.75 Å². The van der Waals surface area contributed by atoms with Crippen molar-refractivity contribution in [3.63, 3.8) is 0 Å². The quantitative estimate of drug-likeness (QED) is 0.818. The molecule has 0 heterocycles. The predicted octanol–water partition coefficient (Wildman–Crippen LogP) is 4.65. The number of aromatic hydroxyl groups is 1. The lowest BCUT2D eigenvalue weighted by atomic mass is 9.53. The molecule has 2 nitrogen and oxygen atoms in total. The van der Waals surface area contributed by atoms with Gasteiger partial charge in [0.1, 0.15) is 5.75 Å². The summed E-state index contributed by atoms with van der Waals surface area (Å²) in [5.74, 6) is 2.71. The van der Waals surface area contributed by atoms with E-state index in [0.717, 1.165) is 18.3 Å².